The molecule has 4 rings (SSSR count). The zero-order valence-electron chi connectivity index (χ0n) is 18.4. The predicted molar refractivity (Wildman–Crippen MR) is 119 cm³/mol. The smallest absolute Gasteiger partial charge is 0.248 e. The molecule has 2 aliphatic rings. The number of anilines is 1. The summed E-state index contributed by atoms with van der Waals surface area (Å²) >= 11 is 0. The number of pyridine rings is 1. The Morgan fingerprint density at radius 3 is 2.67 bits per heavy atom. The molecular formula is C24H28FN3O5. The van der Waals surface area contributed by atoms with Crippen LogP contribution in [0.25, 0.3) is 11.1 Å². The summed E-state index contributed by atoms with van der Waals surface area (Å²) in [7, 11) is 0. The maximum atomic E-state index is 14.6. The summed E-state index contributed by atoms with van der Waals surface area (Å²) in [6.07, 6.45) is 0.522. The molecule has 0 radical (unpaired) electrons. The highest BCUT2D eigenvalue weighted by atomic mass is 19.1. The van der Waals surface area contributed by atoms with Crippen LogP contribution in [-0.2, 0) is 9.59 Å². The Kier molecular flexibility index (Phi) is 6.90. The summed E-state index contributed by atoms with van der Waals surface area (Å²) < 4.78 is 20.5. The lowest BCUT2D eigenvalue weighted by molar-refractivity contribution is -0.138. The molecule has 1 aromatic heterocycles. The highest BCUT2D eigenvalue weighted by Gasteiger charge is 2.34. The number of piperidine rings is 1. The molecule has 176 valence electrons. The molecule has 2 heterocycles. The SMILES string of the molecule is Cc1cc(-c2ccnc(NC(=O)C3CC(O)C3)c2)ccc1O[C@H]1CCN(C(=O)CO)C[C@H]1F. The zero-order valence-corrected chi connectivity index (χ0v) is 18.4. The fraction of sp³-hybridized carbons (Fsp3) is 0.458. The zero-order chi connectivity index (χ0) is 23.5. The average Bonchev–Trinajstić information content (AvgIpc) is 2.79. The molecule has 8 nitrogen and oxygen atoms in total. The Bertz CT molecular complexity index is 1030. The lowest BCUT2D eigenvalue weighted by Gasteiger charge is -2.34. The fourth-order valence-corrected chi connectivity index (χ4v) is 4.18. The van der Waals surface area contributed by atoms with E-state index in [9.17, 15) is 19.1 Å². The molecule has 0 bridgehead atoms. The number of nitrogens with one attached hydrogen (secondary N) is 1. The van der Waals surface area contributed by atoms with Crippen LogP contribution in [0.3, 0.4) is 0 Å². The van der Waals surface area contributed by atoms with Crippen LogP contribution in [0.2, 0.25) is 0 Å². The van der Waals surface area contributed by atoms with Gasteiger partial charge in [-0.2, -0.15) is 0 Å². The molecule has 0 spiro atoms. The van der Waals surface area contributed by atoms with Gasteiger partial charge in [0.25, 0.3) is 0 Å². The molecule has 2 aromatic rings. The Labute approximate surface area is 191 Å². The number of amides is 2. The Morgan fingerprint density at radius 1 is 1.24 bits per heavy atom. The third kappa shape index (κ3) is 5.31. The molecule has 1 aliphatic heterocycles. The predicted octanol–water partition coefficient (Wildman–Crippen LogP) is 2.08. The third-order valence-corrected chi connectivity index (χ3v) is 6.25. The Balaban J connectivity index is 1.40. The highest BCUT2D eigenvalue weighted by molar-refractivity contribution is 5.92. The summed E-state index contributed by atoms with van der Waals surface area (Å²) in [5, 5.41) is 21.1. The van der Waals surface area contributed by atoms with Gasteiger partial charge in [-0.3, -0.25) is 9.59 Å². The summed E-state index contributed by atoms with van der Waals surface area (Å²) in [6, 6.07) is 9.20. The van der Waals surface area contributed by atoms with Crippen LogP contribution in [0.4, 0.5) is 10.2 Å². The molecule has 0 unspecified atom stereocenters. The molecule has 1 aromatic carbocycles. The number of halogens is 1. The Hall–Kier alpha value is -3.04. The minimum Gasteiger partial charge on any atom is -0.487 e. The number of nitrogens with zero attached hydrogens (tertiary/aromatic N) is 2. The van der Waals surface area contributed by atoms with E-state index < -0.39 is 30.9 Å². The number of hydrogen-bond donors (Lipinski definition) is 3. The van der Waals surface area contributed by atoms with Crippen molar-refractivity contribution in [1.82, 2.24) is 9.88 Å². The van der Waals surface area contributed by atoms with E-state index in [1.807, 2.05) is 25.1 Å². The second-order valence-electron chi connectivity index (χ2n) is 8.68. The number of aliphatic hydroxyl groups is 2. The first-order valence-electron chi connectivity index (χ1n) is 11.1. The summed E-state index contributed by atoms with van der Waals surface area (Å²) in [4.78, 5) is 29.3. The van der Waals surface area contributed by atoms with Gasteiger partial charge in [-0.05, 0) is 60.7 Å². The fourth-order valence-electron chi connectivity index (χ4n) is 4.18. The van der Waals surface area contributed by atoms with Crippen LogP contribution in [0.15, 0.2) is 36.5 Å². The van der Waals surface area contributed by atoms with Gasteiger partial charge in [0.1, 0.15) is 24.3 Å². The number of aliphatic hydroxyl groups excluding tert-OH is 2. The minimum atomic E-state index is -1.34. The number of aryl methyl sites for hydroxylation is 1. The van der Waals surface area contributed by atoms with Crippen LogP contribution in [-0.4, -0.2) is 70.0 Å². The molecule has 1 saturated heterocycles. The van der Waals surface area contributed by atoms with Gasteiger partial charge in [-0.25, -0.2) is 9.37 Å². The molecule has 2 amide bonds. The molecular weight excluding hydrogens is 429 g/mol. The van der Waals surface area contributed by atoms with E-state index in [2.05, 4.69) is 10.3 Å². The van der Waals surface area contributed by atoms with Gasteiger partial charge in [0, 0.05) is 25.1 Å². The number of benzene rings is 1. The van der Waals surface area contributed by atoms with E-state index in [0.717, 1.165) is 16.7 Å². The lowest BCUT2D eigenvalue weighted by Crippen LogP contribution is -2.50. The summed E-state index contributed by atoms with van der Waals surface area (Å²) in [5.41, 5.74) is 2.60. The van der Waals surface area contributed by atoms with Crippen molar-refractivity contribution in [3.05, 3.63) is 42.1 Å². The Morgan fingerprint density at radius 2 is 2.00 bits per heavy atom. The number of aromatic nitrogens is 1. The van der Waals surface area contributed by atoms with E-state index >= 15 is 0 Å². The number of carbonyl (C=O) groups excluding carboxylic acids is 2. The van der Waals surface area contributed by atoms with Crippen molar-refractivity contribution in [3.63, 3.8) is 0 Å². The van der Waals surface area contributed by atoms with Gasteiger partial charge in [0.2, 0.25) is 11.8 Å². The first-order valence-corrected chi connectivity index (χ1v) is 11.1. The van der Waals surface area contributed by atoms with Gasteiger partial charge in [-0.15, -0.1) is 0 Å². The van der Waals surface area contributed by atoms with Crippen LogP contribution in [0, 0.1) is 12.8 Å². The van der Waals surface area contributed by atoms with Crippen LogP contribution >= 0.6 is 0 Å². The second-order valence-corrected chi connectivity index (χ2v) is 8.68. The van der Waals surface area contributed by atoms with E-state index in [0.29, 0.717) is 37.4 Å². The maximum absolute atomic E-state index is 14.6. The van der Waals surface area contributed by atoms with E-state index in [4.69, 9.17) is 9.84 Å². The van der Waals surface area contributed by atoms with Crippen molar-refractivity contribution in [2.45, 2.75) is 44.6 Å². The molecule has 1 saturated carbocycles. The van der Waals surface area contributed by atoms with Gasteiger partial charge in [-0.1, -0.05) is 6.07 Å². The normalized spacial score (nSPS) is 24.7. The van der Waals surface area contributed by atoms with Crippen molar-refractivity contribution >= 4 is 17.6 Å². The molecule has 33 heavy (non-hydrogen) atoms. The number of alkyl halides is 1. The number of carbonyl (C=O) groups is 2. The highest BCUT2D eigenvalue weighted by Crippen LogP contribution is 2.31. The van der Waals surface area contributed by atoms with Gasteiger partial charge < -0.3 is 25.2 Å². The number of ether oxygens (including phenoxy) is 1. The molecule has 1 aliphatic carbocycles. The maximum Gasteiger partial charge on any atom is 0.248 e. The quantitative estimate of drug-likeness (QED) is 0.612. The van der Waals surface area contributed by atoms with Gasteiger partial charge in [0.05, 0.1) is 12.6 Å². The molecule has 2 fully saturated rings. The van der Waals surface area contributed by atoms with Crippen LogP contribution in [0.1, 0.15) is 24.8 Å². The largest absolute Gasteiger partial charge is 0.487 e. The van der Waals surface area contributed by atoms with E-state index in [1.54, 1.807) is 18.3 Å². The topological polar surface area (TPSA) is 112 Å². The molecule has 3 N–H and O–H groups in total. The van der Waals surface area contributed by atoms with Crippen molar-refractivity contribution in [2.24, 2.45) is 5.92 Å². The first kappa shape index (κ1) is 23.1. The monoisotopic (exact) mass is 457 g/mol. The van der Waals surface area contributed by atoms with Crippen LogP contribution in [0.5, 0.6) is 5.75 Å². The lowest BCUT2D eigenvalue weighted by atomic mass is 9.82. The van der Waals surface area contributed by atoms with Gasteiger partial charge in [0.15, 0.2) is 6.17 Å². The number of likely N-dealkylation sites (tertiary alicyclic amines) is 1. The van der Waals surface area contributed by atoms with Crippen molar-refractivity contribution < 1.29 is 28.9 Å². The van der Waals surface area contributed by atoms with E-state index in [1.165, 1.54) is 4.90 Å². The minimum absolute atomic E-state index is 0.0908. The molecule has 9 heteroatoms. The van der Waals surface area contributed by atoms with Crippen LogP contribution < -0.4 is 10.1 Å². The number of rotatable bonds is 6. The average molecular weight is 458 g/mol. The standard InChI is InChI=1S/C24H28FN3O5/c1-14-8-15(16-4-6-26-22(11-16)27-24(32)17-9-18(30)10-17)2-3-20(14)33-21-5-7-28(12-19(21)25)23(31)13-29/h2-4,6,8,11,17-19,21,29-30H,5,7,9-10,12-13H2,1H3,(H,26,27,32)/t17?,18?,19-,21+/m1/s1. The van der Waals surface area contributed by atoms with Crippen molar-refractivity contribution in [1.29, 1.82) is 0 Å². The van der Waals surface area contributed by atoms with E-state index in [-0.39, 0.29) is 18.4 Å². The summed E-state index contributed by atoms with van der Waals surface area (Å²) in [5.74, 6) is 0.213. The summed E-state index contributed by atoms with van der Waals surface area (Å²) in [6.45, 7) is 1.50. The van der Waals surface area contributed by atoms with Gasteiger partial charge >= 0.3 is 0 Å². The second kappa shape index (κ2) is 9.84. The van der Waals surface area contributed by atoms with Crippen molar-refractivity contribution in [2.75, 3.05) is 25.0 Å². The molecule has 2 atom stereocenters. The number of hydrogen-bond acceptors (Lipinski definition) is 6. The third-order valence-electron chi connectivity index (χ3n) is 6.25. The van der Waals surface area contributed by atoms with Crippen molar-refractivity contribution in [3.8, 4) is 16.9 Å². The first-order chi connectivity index (χ1) is 15.8.